The van der Waals surface area contributed by atoms with Crippen LogP contribution >= 0.6 is 0 Å². The molecule has 0 atom stereocenters. The van der Waals surface area contributed by atoms with Crippen LogP contribution in [0.2, 0.25) is 0 Å². The van der Waals surface area contributed by atoms with E-state index in [4.69, 9.17) is 4.74 Å². The number of rotatable bonds is 6. The van der Waals surface area contributed by atoms with Crippen molar-refractivity contribution >= 4 is 17.6 Å². The third-order valence-corrected chi connectivity index (χ3v) is 3.75. The van der Waals surface area contributed by atoms with E-state index in [1.807, 2.05) is 25.1 Å². The molecule has 1 aromatic rings. The Morgan fingerprint density at radius 2 is 2.26 bits per heavy atom. The van der Waals surface area contributed by atoms with Crippen molar-refractivity contribution < 1.29 is 14.3 Å². The Morgan fingerprint density at radius 3 is 3.00 bits per heavy atom. The number of carbonyl (C=O) groups is 2. The molecule has 0 bridgehead atoms. The van der Waals surface area contributed by atoms with Gasteiger partial charge in [0.2, 0.25) is 5.91 Å². The Morgan fingerprint density at radius 1 is 1.43 bits per heavy atom. The van der Waals surface area contributed by atoms with Crippen molar-refractivity contribution in [1.29, 1.82) is 0 Å². The number of hydrogen-bond donors (Lipinski definition) is 3. The van der Waals surface area contributed by atoms with Gasteiger partial charge < -0.3 is 20.7 Å². The molecule has 0 radical (unpaired) electrons. The third-order valence-electron chi connectivity index (χ3n) is 3.75. The van der Waals surface area contributed by atoms with Gasteiger partial charge in [-0.15, -0.1) is 0 Å². The Hall–Kier alpha value is -2.28. The molecule has 0 aromatic heterocycles. The predicted octanol–water partition coefficient (Wildman–Crippen LogP) is 0.947. The van der Waals surface area contributed by atoms with Crippen LogP contribution in [0.15, 0.2) is 18.2 Å². The number of carbonyl (C=O) groups excluding carboxylic acids is 2. The zero-order valence-electron chi connectivity index (χ0n) is 13.6. The molecule has 3 amide bonds. The van der Waals surface area contributed by atoms with E-state index in [0.717, 1.165) is 25.1 Å². The van der Waals surface area contributed by atoms with E-state index in [-0.39, 0.29) is 11.9 Å². The second-order valence-electron chi connectivity index (χ2n) is 5.51. The third kappa shape index (κ3) is 5.14. The molecule has 0 saturated carbocycles. The van der Waals surface area contributed by atoms with Crippen molar-refractivity contribution in [2.24, 2.45) is 0 Å². The van der Waals surface area contributed by atoms with Crippen molar-refractivity contribution in [3.05, 3.63) is 23.8 Å². The Bertz CT molecular complexity index is 562. The zero-order valence-corrected chi connectivity index (χ0v) is 13.6. The van der Waals surface area contributed by atoms with E-state index in [2.05, 4.69) is 20.9 Å². The smallest absolute Gasteiger partial charge is 0.319 e. The number of nitrogens with zero attached hydrogens (tertiary/aromatic N) is 1. The summed E-state index contributed by atoms with van der Waals surface area (Å²) in [5.41, 5.74) is 1.62. The van der Waals surface area contributed by atoms with Crippen LogP contribution in [0.1, 0.15) is 12.0 Å². The molecule has 7 nitrogen and oxygen atoms in total. The lowest BCUT2D eigenvalue weighted by atomic mass is 10.2. The van der Waals surface area contributed by atoms with E-state index < -0.39 is 0 Å². The van der Waals surface area contributed by atoms with E-state index in [0.29, 0.717) is 31.1 Å². The number of urea groups is 1. The van der Waals surface area contributed by atoms with Crippen molar-refractivity contribution in [2.75, 3.05) is 45.2 Å². The highest BCUT2D eigenvalue weighted by molar-refractivity contribution is 5.91. The van der Waals surface area contributed by atoms with Crippen LogP contribution in [0.5, 0.6) is 5.75 Å². The van der Waals surface area contributed by atoms with Crippen molar-refractivity contribution in [3.8, 4) is 5.75 Å². The minimum atomic E-state index is -0.256. The van der Waals surface area contributed by atoms with Crippen LogP contribution in [0.4, 0.5) is 10.5 Å². The average Bonchev–Trinajstić information content (AvgIpc) is 2.53. The lowest BCUT2D eigenvalue weighted by Gasteiger charge is -2.26. The zero-order chi connectivity index (χ0) is 16.7. The first kappa shape index (κ1) is 17.1. The topological polar surface area (TPSA) is 82.7 Å². The van der Waals surface area contributed by atoms with Crippen LogP contribution < -0.4 is 20.7 Å². The van der Waals surface area contributed by atoms with Gasteiger partial charge in [-0.3, -0.25) is 9.69 Å². The van der Waals surface area contributed by atoms with Gasteiger partial charge in [-0.25, -0.2) is 4.79 Å². The van der Waals surface area contributed by atoms with E-state index in [1.165, 1.54) is 0 Å². The molecule has 126 valence electrons. The molecule has 0 spiro atoms. The summed E-state index contributed by atoms with van der Waals surface area (Å²) in [4.78, 5) is 25.3. The SMILES string of the molecule is COc1cccc(C)c1NC(=O)NCCCN1CCNC(=O)C1. The average molecular weight is 320 g/mol. The maximum absolute atomic E-state index is 12.0. The van der Waals surface area contributed by atoms with Gasteiger partial charge in [0.15, 0.2) is 0 Å². The molecule has 1 aliphatic rings. The summed E-state index contributed by atoms with van der Waals surface area (Å²) in [7, 11) is 1.58. The molecule has 0 aliphatic carbocycles. The van der Waals surface area contributed by atoms with Gasteiger partial charge in [0.05, 0.1) is 19.3 Å². The molecule has 7 heteroatoms. The Kier molecular flexibility index (Phi) is 6.22. The lowest BCUT2D eigenvalue weighted by molar-refractivity contribution is -0.124. The number of nitrogens with one attached hydrogen (secondary N) is 3. The molecule has 0 unspecified atom stereocenters. The molecular formula is C16H24N4O3. The number of benzene rings is 1. The van der Waals surface area contributed by atoms with Gasteiger partial charge in [-0.2, -0.15) is 0 Å². The maximum Gasteiger partial charge on any atom is 0.319 e. The van der Waals surface area contributed by atoms with Gasteiger partial charge in [0.1, 0.15) is 5.75 Å². The molecule has 2 rings (SSSR count). The van der Waals surface area contributed by atoms with Gasteiger partial charge in [0.25, 0.3) is 0 Å². The van der Waals surface area contributed by atoms with Crippen LogP contribution in [0.25, 0.3) is 0 Å². The minimum Gasteiger partial charge on any atom is -0.495 e. The van der Waals surface area contributed by atoms with Gasteiger partial charge in [-0.05, 0) is 25.0 Å². The van der Waals surface area contributed by atoms with Gasteiger partial charge in [0, 0.05) is 26.2 Å². The standard InChI is InChI=1S/C16H24N4O3/c1-12-5-3-6-13(23-2)15(12)19-16(22)18-7-4-9-20-10-8-17-14(21)11-20/h3,5-6H,4,7-11H2,1-2H3,(H,17,21)(H2,18,19,22). The van der Waals surface area contributed by atoms with Crippen LogP contribution in [-0.2, 0) is 4.79 Å². The number of anilines is 1. The predicted molar refractivity (Wildman–Crippen MR) is 88.8 cm³/mol. The molecule has 1 aromatic carbocycles. The van der Waals surface area contributed by atoms with Gasteiger partial charge >= 0.3 is 6.03 Å². The van der Waals surface area contributed by atoms with Crippen LogP contribution in [0, 0.1) is 6.92 Å². The van der Waals surface area contributed by atoms with E-state index in [9.17, 15) is 9.59 Å². The number of amides is 3. The Balaban J connectivity index is 1.72. The second kappa shape index (κ2) is 8.38. The largest absolute Gasteiger partial charge is 0.495 e. The molecule has 23 heavy (non-hydrogen) atoms. The molecule has 3 N–H and O–H groups in total. The molecule has 1 heterocycles. The summed E-state index contributed by atoms with van der Waals surface area (Å²) in [6.07, 6.45) is 0.797. The van der Waals surface area contributed by atoms with Crippen molar-refractivity contribution in [1.82, 2.24) is 15.5 Å². The second-order valence-corrected chi connectivity index (χ2v) is 5.51. The summed E-state index contributed by atoms with van der Waals surface area (Å²) in [5, 5.41) is 8.44. The number of methoxy groups -OCH3 is 1. The lowest BCUT2D eigenvalue weighted by Crippen LogP contribution is -2.48. The summed E-state index contributed by atoms with van der Waals surface area (Å²) < 4.78 is 5.26. The van der Waals surface area contributed by atoms with Crippen molar-refractivity contribution in [3.63, 3.8) is 0 Å². The summed E-state index contributed by atoms with van der Waals surface area (Å²) in [6.45, 7) is 5.25. The first-order chi connectivity index (χ1) is 11.1. The normalized spacial score (nSPS) is 15.0. The summed E-state index contributed by atoms with van der Waals surface area (Å²) >= 11 is 0. The molecule has 1 aliphatic heterocycles. The first-order valence-electron chi connectivity index (χ1n) is 7.77. The van der Waals surface area contributed by atoms with E-state index >= 15 is 0 Å². The summed E-state index contributed by atoms with van der Waals surface area (Å²) in [6, 6.07) is 5.35. The van der Waals surface area contributed by atoms with Crippen molar-refractivity contribution in [2.45, 2.75) is 13.3 Å². The number of hydrogen-bond acceptors (Lipinski definition) is 4. The quantitative estimate of drug-likeness (QED) is 0.682. The monoisotopic (exact) mass is 320 g/mol. The highest BCUT2D eigenvalue weighted by Crippen LogP contribution is 2.27. The molecule has 1 fully saturated rings. The van der Waals surface area contributed by atoms with Crippen LogP contribution in [0.3, 0.4) is 0 Å². The summed E-state index contributed by atoms with van der Waals surface area (Å²) in [5.74, 6) is 0.702. The highest BCUT2D eigenvalue weighted by atomic mass is 16.5. The van der Waals surface area contributed by atoms with E-state index in [1.54, 1.807) is 7.11 Å². The maximum atomic E-state index is 12.0. The number of ether oxygens (including phenoxy) is 1. The fourth-order valence-corrected chi connectivity index (χ4v) is 2.52. The molecular weight excluding hydrogens is 296 g/mol. The minimum absolute atomic E-state index is 0.0635. The number of para-hydroxylation sites is 1. The number of piperazine rings is 1. The van der Waals surface area contributed by atoms with Gasteiger partial charge in [-0.1, -0.05) is 12.1 Å². The highest BCUT2D eigenvalue weighted by Gasteiger charge is 2.15. The Labute approximate surface area is 136 Å². The fourth-order valence-electron chi connectivity index (χ4n) is 2.52. The fraction of sp³-hybridized carbons (Fsp3) is 0.500. The number of aryl methyl sites for hydroxylation is 1. The first-order valence-corrected chi connectivity index (χ1v) is 7.77. The van der Waals surface area contributed by atoms with Crippen LogP contribution in [-0.4, -0.2) is 56.7 Å². The molecule has 1 saturated heterocycles.